The van der Waals surface area contributed by atoms with Crippen LogP contribution in [0.5, 0.6) is 0 Å². The number of furan rings is 2. The predicted molar refractivity (Wildman–Crippen MR) is 352 cm³/mol. The summed E-state index contributed by atoms with van der Waals surface area (Å²) in [6, 6.07) is 76.2. The fourth-order valence-corrected chi connectivity index (χ4v) is 13.5. The maximum atomic E-state index is 9.62. The molecule has 2 aliphatic rings. The first-order chi connectivity index (χ1) is 44.9. The van der Waals surface area contributed by atoms with Gasteiger partial charge in [0.1, 0.15) is 22.3 Å². The number of nitrogens with one attached hydrogen (secondary N) is 2. The third kappa shape index (κ3) is 7.11. The van der Waals surface area contributed by atoms with Crippen molar-refractivity contribution >= 4 is 112 Å². The molecule has 0 atom stereocenters. The highest BCUT2D eigenvalue weighted by Crippen LogP contribution is 2.48. The zero-order valence-corrected chi connectivity index (χ0v) is 44.8. The molecule has 2 aliphatic heterocycles. The first-order valence-electron chi connectivity index (χ1n) is 32.2. The van der Waals surface area contributed by atoms with Crippen LogP contribution >= 0.6 is 0 Å². The largest absolute Gasteiger partial charge is 0.456 e. The maximum Gasteiger partial charge on any atom is 0.252 e. The Morgan fingerprint density at radius 3 is 1.19 bits per heavy atom. The molecule has 0 unspecified atom stereocenters. The van der Waals surface area contributed by atoms with E-state index in [1.54, 1.807) is 4.57 Å². The van der Waals surface area contributed by atoms with E-state index in [9.17, 15) is 5.48 Å². The number of anilines is 4. The Hall–Kier alpha value is -11.1. The van der Waals surface area contributed by atoms with Crippen LogP contribution in [-0.4, -0.2) is 11.3 Å². The van der Waals surface area contributed by atoms with E-state index in [0.29, 0.717) is 17.1 Å². The van der Waals surface area contributed by atoms with Crippen molar-refractivity contribution < 1.29 is 19.8 Å². The minimum atomic E-state index is -0.507. The van der Waals surface area contributed by atoms with Gasteiger partial charge < -0.3 is 24.0 Å². The summed E-state index contributed by atoms with van der Waals surface area (Å²) in [7, 11) is 0. The lowest BCUT2D eigenvalue weighted by Crippen LogP contribution is -2.59. The van der Waals surface area contributed by atoms with Crippen molar-refractivity contribution in [2.75, 3.05) is 10.6 Å². The minimum absolute atomic E-state index is 0.00276. The number of aromatic nitrogens is 1. The molecule has 13 aromatic carbocycles. The Balaban J connectivity index is 0.980. The average Bonchev–Trinajstić information content (AvgIpc) is 1.30. The third-order valence-corrected chi connectivity index (χ3v) is 17.2. The number of para-hydroxylation sites is 2. The van der Waals surface area contributed by atoms with Gasteiger partial charge in [-0.15, -0.1) is 0 Å². The van der Waals surface area contributed by atoms with Crippen LogP contribution in [0.1, 0.15) is 11.0 Å². The second kappa shape index (κ2) is 18.2. The molecule has 0 saturated heterocycles. The lowest BCUT2D eigenvalue weighted by molar-refractivity contribution is 0.668. The molecule has 3 aromatic heterocycles. The summed E-state index contributed by atoms with van der Waals surface area (Å²) in [6.45, 7) is -0.492. The van der Waals surface area contributed by atoms with E-state index in [-0.39, 0.29) is 33.9 Å². The number of hydrogen-bond acceptors (Lipinski definition) is 4. The van der Waals surface area contributed by atoms with Crippen LogP contribution < -0.4 is 27.0 Å². The number of nitrogens with zero attached hydrogens (tertiary/aromatic N) is 1. The Bertz CT molecular complexity index is 5520. The van der Waals surface area contributed by atoms with Crippen molar-refractivity contribution in [3.8, 4) is 72.4 Å². The smallest absolute Gasteiger partial charge is 0.252 e. The number of fused-ring (bicyclic) bond motifs is 13. The maximum absolute atomic E-state index is 9.62. The van der Waals surface area contributed by atoms with Crippen LogP contribution in [0.2, 0.25) is 0 Å². The quantitative estimate of drug-likeness (QED) is 0.156. The molecule has 0 amide bonds. The first kappa shape index (κ1) is 39.3. The van der Waals surface area contributed by atoms with Gasteiger partial charge in [0.25, 0.3) is 6.71 Å². The van der Waals surface area contributed by atoms with Gasteiger partial charge in [-0.25, -0.2) is 0 Å². The average molecular weight is 1080 g/mol. The van der Waals surface area contributed by atoms with E-state index >= 15 is 0 Å². The summed E-state index contributed by atoms with van der Waals surface area (Å²) in [4.78, 5) is 0. The molecule has 0 radical (unpaired) electrons. The standard InChI is InChI=1S/C78H48BN3O2/c1-5-19-47(20-6-1)51-35-37-70-62(39-51)74-58(29-17-33-72(74)83-70)60-41-53(49-23-9-3-10-24-49)43-64-77(60)80-66-45-55(82-68-31-15-13-27-56(68)57-28-14-16-32-69(57)82)46-67-76(66)79(64)65-44-54(50-25-11-4-12-26-50)42-61(78(65)81-67)59-30-18-34-73-75(59)63-40-52(36-38-71(63)84-73)48-21-7-2-8-22-48/h1-46,80-81H/i13D,14D,15D,16D,27D,28D,31D,32D. The van der Waals surface area contributed by atoms with Gasteiger partial charge in [-0.1, -0.05) is 206 Å². The number of rotatable bonds is 7. The molecule has 2 N–H and O–H groups in total. The first-order valence-corrected chi connectivity index (χ1v) is 28.2. The molecule has 84 heavy (non-hydrogen) atoms. The van der Waals surface area contributed by atoms with Crippen molar-refractivity contribution in [2.24, 2.45) is 0 Å². The van der Waals surface area contributed by atoms with Gasteiger partial charge in [0.2, 0.25) is 0 Å². The molecular formula is C78H48BN3O2. The number of hydrogen-bond donors (Lipinski definition) is 2. The van der Waals surface area contributed by atoms with Gasteiger partial charge in [0.15, 0.2) is 0 Å². The Morgan fingerprint density at radius 2 is 0.750 bits per heavy atom. The molecule has 5 heterocycles. The van der Waals surface area contributed by atoms with Crippen molar-refractivity contribution in [3.05, 3.63) is 279 Å². The fourth-order valence-electron chi connectivity index (χ4n) is 13.5. The molecule has 5 nitrogen and oxygen atoms in total. The van der Waals surface area contributed by atoms with Crippen LogP contribution in [-0.2, 0) is 0 Å². The van der Waals surface area contributed by atoms with E-state index in [4.69, 9.17) is 14.3 Å². The minimum Gasteiger partial charge on any atom is -0.456 e. The second-order valence-corrected chi connectivity index (χ2v) is 21.8. The molecule has 0 spiro atoms. The van der Waals surface area contributed by atoms with Crippen molar-refractivity contribution in [2.45, 2.75) is 0 Å². The van der Waals surface area contributed by atoms with Crippen molar-refractivity contribution in [3.63, 3.8) is 0 Å². The fraction of sp³-hybridized carbons (Fsp3) is 0. The van der Waals surface area contributed by atoms with E-state index in [0.717, 1.165) is 138 Å². The van der Waals surface area contributed by atoms with Gasteiger partial charge in [0.05, 0.1) is 27.7 Å². The molecule has 0 fully saturated rings. The van der Waals surface area contributed by atoms with E-state index < -0.39 is 43.0 Å². The van der Waals surface area contributed by atoms with Gasteiger partial charge in [-0.3, -0.25) is 0 Å². The molecule has 6 heteroatoms. The van der Waals surface area contributed by atoms with Crippen LogP contribution in [0.25, 0.3) is 138 Å². The molecule has 16 aromatic rings. The highest BCUT2D eigenvalue weighted by atomic mass is 16.3. The summed E-state index contributed by atoms with van der Waals surface area (Å²) in [5, 5.41) is 11.9. The normalized spacial score (nSPS) is 13.8. The third-order valence-electron chi connectivity index (χ3n) is 17.2. The van der Waals surface area contributed by atoms with Gasteiger partial charge in [0, 0.05) is 66.2 Å². The zero-order valence-electron chi connectivity index (χ0n) is 52.8. The summed E-state index contributed by atoms with van der Waals surface area (Å²) in [5.41, 5.74) is 21.3. The van der Waals surface area contributed by atoms with E-state index in [1.165, 1.54) is 0 Å². The zero-order chi connectivity index (χ0) is 61.9. The molecule has 390 valence electrons. The molecule has 0 bridgehead atoms. The molecule has 0 aliphatic carbocycles. The van der Waals surface area contributed by atoms with Crippen molar-refractivity contribution in [1.82, 2.24) is 4.57 Å². The lowest BCUT2D eigenvalue weighted by Gasteiger charge is -2.38. The van der Waals surface area contributed by atoms with Crippen LogP contribution in [0.15, 0.2) is 288 Å². The lowest BCUT2D eigenvalue weighted by atomic mass is 9.33. The molecule has 18 rings (SSSR count). The Labute approximate surface area is 495 Å². The molecule has 0 saturated carbocycles. The van der Waals surface area contributed by atoms with Gasteiger partial charge in [-0.05, 0) is 145 Å². The highest BCUT2D eigenvalue weighted by molar-refractivity contribution is 7.00. The molecular weight excluding hydrogens is 1020 g/mol. The monoisotopic (exact) mass is 1080 g/mol. The van der Waals surface area contributed by atoms with E-state index in [1.807, 2.05) is 97.1 Å². The van der Waals surface area contributed by atoms with Crippen molar-refractivity contribution in [1.29, 1.82) is 0 Å². The van der Waals surface area contributed by atoms with E-state index in [2.05, 4.69) is 144 Å². The summed E-state index contributed by atoms with van der Waals surface area (Å²) < 4.78 is 89.1. The predicted octanol–water partition coefficient (Wildman–Crippen LogP) is 19.2. The SMILES string of the molecule is [2H]c1c([2H])c([2H])c2c(c1[2H])c1c([2H])c([2H])c([2H])c([2H])c1n2-c1cc2c3c(c1)Nc1c(cc(-c4ccccc4)cc1-c1cccc4oc5ccc(-c6ccccc6)cc5c14)B3c1cc(-c3ccccc3)cc(-c3cccc4oc5ccc(-c6ccccc6)cc5c34)c1N2. The van der Waals surface area contributed by atoms with Crippen LogP contribution in [0.4, 0.5) is 22.7 Å². The summed E-state index contributed by atoms with van der Waals surface area (Å²) in [6.07, 6.45) is 0. The summed E-state index contributed by atoms with van der Waals surface area (Å²) in [5.74, 6) is 0. The topological polar surface area (TPSA) is 55.3 Å². The van der Waals surface area contributed by atoms with Gasteiger partial charge >= 0.3 is 0 Å². The summed E-state index contributed by atoms with van der Waals surface area (Å²) >= 11 is 0. The van der Waals surface area contributed by atoms with Gasteiger partial charge in [-0.2, -0.15) is 0 Å². The number of benzene rings is 13. The highest BCUT2D eigenvalue weighted by Gasteiger charge is 2.41. The second-order valence-electron chi connectivity index (χ2n) is 21.8. The Kier molecular flexibility index (Phi) is 8.53. The van der Waals surface area contributed by atoms with Crippen LogP contribution in [0, 0.1) is 0 Å². The Morgan fingerprint density at radius 1 is 0.333 bits per heavy atom. The van der Waals surface area contributed by atoms with Crippen LogP contribution in [0.3, 0.4) is 0 Å².